The van der Waals surface area contributed by atoms with Gasteiger partial charge in [-0.1, -0.05) is 112 Å². The predicted octanol–water partition coefficient (Wildman–Crippen LogP) is 11.9. The molecule has 5 heteroatoms. The highest BCUT2D eigenvalue weighted by molar-refractivity contribution is 6.15. The van der Waals surface area contributed by atoms with Crippen molar-refractivity contribution in [3.63, 3.8) is 0 Å². The lowest BCUT2D eigenvalue weighted by Crippen LogP contribution is -2.28. The molecule has 0 radical (unpaired) electrons. The van der Waals surface area contributed by atoms with E-state index in [1.807, 2.05) is 48.7 Å². The summed E-state index contributed by atoms with van der Waals surface area (Å²) in [6, 6.07) is 44.2. The number of hydrogen-bond acceptors (Lipinski definition) is 3. The van der Waals surface area contributed by atoms with Crippen molar-refractivity contribution in [1.29, 1.82) is 10.7 Å². The fourth-order valence-electron chi connectivity index (χ4n) is 9.55. The van der Waals surface area contributed by atoms with E-state index in [1.165, 1.54) is 63.8 Å². The van der Waals surface area contributed by atoms with Crippen LogP contribution in [0.15, 0.2) is 136 Å². The van der Waals surface area contributed by atoms with Crippen molar-refractivity contribution in [2.45, 2.75) is 56.8 Å². The standard InChI is InChI=1S/C49H38N4O/c1-48(2)40-12-6-4-10-34(40)35-20-16-32(26-41(35)48)46(51)53-47(33-17-21-39-38-11-5-7-13-44(38)54-45(39)27-33)52-29-31-15-19-37-36-18-14-30(28-50)24-42(36)49(43(37)25-31)22-8-3-9-23-49/h4-7,10-21,24-27,29,51H,3,8-9,22-23H2,1-2H3. The monoisotopic (exact) mass is 698 g/mol. The first kappa shape index (κ1) is 32.3. The molecule has 0 atom stereocenters. The number of nitriles is 1. The first-order valence-corrected chi connectivity index (χ1v) is 18.9. The average molecular weight is 699 g/mol. The molecule has 0 saturated heterocycles. The summed E-state index contributed by atoms with van der Waals surface area (Å²) in [6.07, 6.45) is 7.62. The predicted molar refractivity (Wildman–Crippen MR) is 219 cm³/mol. The molecule has 3 aliphatic carbocycles. The third kappa shape index (κ3) is 4.87. The Kier molecular flexibility index (Phi) is 7.22. The van der Waals surface area contributed by atoms with E-state index < -0.39 is 0 Å². The first-order chi connectivity index (χ1) is 26.3. The number of benzene rings is 6. The van der Waals surface area contributed by atoms with Gasteiger partial charge in [0.25, 0.3) is 0 Å². The fraction of sp³-hybridized carbons (Fsp3) is 0.184. The first-order valence-electron chi connectivity index (χ1n) is 18.9. The van der Waals surface area contributed by atoms with Gasteiger partial charge in [-0.3, -0.25) is 5.41 Å². The molecule has 3 aliphatic rings. The zero-order chi connectivity index (χ0) is 36.6. The van der Waals surface area contributed by atoms with Crippen molar-refractivity contribution in [2.75, 3.05) is 0 Å². The van der Waals surface area contributed by atoms with E-state index in [1.54, 1.807) is 0 Å². The van der Waals surface area contributed by atoms with Gasteiger partial charge in [0, 0.05) is 38.9 Å². The molecule has 54 heavy (non-hydrogen) atoms. The van der Waals surface area contributed by atoms with Gasteiger partial charge in [0.05, 0.1) is 11.6 Å². The summed E-state index contributed by atoms with van der Waals surface area (Å²) in [6.45, 7) is 4.50. The van der Waals surface area contributed by atoms with Crippen molar-refractivity contribution in [3.05, 3.63) is 166 Å². The van der Waals surface area contributed by atoms with Crippen LogP contribution in [0.2, 0.25) is 0 Å². The number of nitrogens with one attached hydrogen (secondary N) is 1. The molecular weight excluding hydrogens is 661 g/mol. The zero-order valence-electron chi connectivity index (χ0n) is 30.4. The molecule has 1 fully saturated rings. The summed E-state index contributed by atoms with van der Waals surface area (Å²) in [5, 5.41) is 21.2. The lowest BCUT2D eigenvalue weighted by Gasteiger charge is -2.36. The summed E-state index contributed by atoms with van der Waals surface area (Å²) < 4.78 is 6.28. The molecule has 0 aliphatic heterocycles. The third-order valence-corrected chi connectivity index (χ3v) is 12.3. The number of aliphatic imine (C=N–C) groups is 2. The molecule has 0 unspecified atom stereocenters. The van der Waals surface area contributed by atoms with Crippen molar-refractivity contribution < 1.29 is 4.42 Å². The van der Waals surface area contributed by atoms with E-state index >= 15 is 0 Å². The number of furan rings is 1. The molecule has 1 N–H and O–H groups in total. The maximum Gasteiger partial charge on any atom is 0.161 e. The zero-order valence-corrected chi connectivity index (χ0v) is 30.4. The largest absolute Gasteiger partial charge is 0.456 e. The van der Waals surface area contributed by atoms with Crippen LogP contribution in [0.3, 0.4) is 0 Å². The topological polar surface area (TPSA) is 85.5 Å². The maximum atomic E-state index is 9.76. The fourth-order valence-corrected chi connectivity index (χ4v) is 9.55. The van der Waals surface area contributed by atoms with Gasteiger partial charge in [-0.05, 0) is 105 Å². The Morgan fingerprint density at radius 1 is 0.667 bits per heavy atom. The van der Waals surface area contributed by atoms with E-state index in [2.05, 4.69) is 98.8 Å². The number of amidine groups is 2. The summed E-state index contributed by atoms with van der Waals surface area (Å²) >= 11 is 0. The van der Waals surface area contributed by atoms with Crippen LogP contribution in [0.25, 0.3) is 44.2 Å². The molecule has 5 nitrogen and oxygen atoms in total. The molecular formula is C49H38N4O. The van der Waals surface area contributed by atoms with Gasteiger partial charge >= 0.3 is 0 Å². The van der Waals surface area contributed by atoms with E-state index in [0.717, 1.165) is 57.0 Å². The van der Waals surface area contributed by atoms with Gasteiger partial charge < -0.3 is 4.42 Å². The van der Waals surface area contributed by atoms with Crippen molar-refractivity contribution in [3.8, 4) is 28.3 Å². The molecule has 260 valence electrons. The molecule has 1 spiro atoms. The van der Waals surface area contributed by atoms with Gasteiger partial charge in [-0.2, -0.15) is 5.26 Å². The minimum absolute atomic E-state index is 0.0913. The highest BCUT2D eigenvalue weighted by Crippen LogP contribution is 2.56. The molecule has 6 aromatic carbocycles. The summed E-state index contributed by atoms with van der Waals surface area (Å²) in [7, 11) is 0. The van der Waals surface area contributed by atoms with Gasteiger partial charge in [0.1, 0.15) is 11.2 Å². The highest BCUT2D eigenvalue weighted by atomic mass is 16.3. The van der Waals surface area contributed by atoms with Gasteiger partial charge in [0.2, 0.25) is 0 Å². The van der Waals surface area contributed by atoms with Crippen LogP contribution in [0.5, 0.6) is 0 Å². The Balaban J connectivity index is 1.07. The van der Waals surface area contributed by atoms with E-state index in [0.29, 0.717) is 5.84 Å². The Morgan fingerprint density at radius 2 is 1.35 bits per heavy atom. The summed E-state index contributed by atoms with van der Waals surface area (Å²) in [4.78, 5) is 10.0. The maximum absolute atomic E-state index is 9.76. The lowest BCUT2D eigenvalue weighted by molar-refractivity contribution is 0.353. The Hall–Kier alpha value is -6.38. The van der Waals surface area contributed by atoms with Crippen molar-refractivity contribution in [1.82, 2.24) is 0 Å². The highest BCUT2D eigenvalue weighted by Gasteiger charge is 2.44. The van der Waals surface area contributed by atoms with Crippen LogP contribution < -0.4 is 0 Å². The van der Waals surface area contributed by atoms with E-state index in [-0.39, 0.29) is 16.7 Å². The number of fused-ring (bicyclic) bond motifs is 11. The number of rotatable bonds is 3. The minimum Gasteiger partial charge on any atom is -0.456 e. The molecule has 1 heterocycles. The Labute approximate surface area is 314 Å². The third-order valence-electron chi connectivity index (χ3n) is 12.3. The van der Waals surface area contributed by atoms with Crippen LogP contribution in [0.1, 0.15) is 90.5 Å². The SMILES string of the molecule is CC1(C)c2ccccc2-c2ccc(C(=N)N=C(N=Cc3ccc4c(c3)C3(CCCCC3)c3cc(C#N)ccc3-4)c3ccc4c(c3)oc3ccccc34)cc21. The lowest BCUT2D eigenvalue weighted by atomic mass is 9.67. The Bertz CT molecular complexity index is 2820. The normalized spacial score (nSPS) is 16.4. The number of nitrogens with zero attached hydrogens (tertiary/aromatic N) is 3. The second-order valence-corrected chi connectivity index (χ2v) is 15.6. The number of hydrogen-bond donors (Lipinski definition) is 1. The van der Waals surface area contributed by atoms with Crippen LogP contribution in [-0.4, -0.2) is 17.9 Å². The van der Waals surface area contributed by atoms with Crippen LogP contribution in [-0.2, 0) is 10.8 Å². The van der Waals surface area contributed by atoms with Gasteiger partial charge in [-0.15, -0.1) is 0 Å². The van der Waals surface area contributed by atoms with Crippen molar-refractivity contribution >= 4 is 39.8 Å². The molecule has 1 saturated carbocycles. The van der Waals surface area contributed by atoms with Crippen LogP contribution in [0.4, 0.5) is 0 Å². The second-order valence-electron chi connectivity index (χ2n) is 15.6. The van der Waals surface area contributed by atoms with Gasteiger partial charge in [-0.25, -0.2) is 9.98 Å². The molecule has 1 aromatic heterocycles. The van der Waals surface area contributed by atoms with Gasteiger partial charge in [0.15, 0.2) is 11.7 Å². The van der Waals surface area contributed by atoms with Crippen LogP contribution in [0, 0.1) is 16.7 Å². The summed E-state index contributed by atoms with van der Waals surface area (Å²) in [5.74, 6) is 0.598. The minimum atomic E-state index is -0.182. The van der Waals surface area contributed by atoms with Crippen molar-refractivity contribution in [2.24, 2.45) is 9.98 Å². The van der Waals surface area contributed by atoms with E-state index in [4.69, 9.17) is 14.4 Å². The quantitative estimate of drug-likeness (QED) is 0.147. The number of para-hydroxylation sites is 1. The molecule has 10 rings (SSSR count). The molecule has 0 bridgehead atoms. The average Bonchev–Trinajstić information content (AvgIpc) is 3.79. The molecule has 0 amide bonds. The second kappa shape index (κ2) is 12.1. The Morgan fingerprint density at radius 3 is 2.20 bits per heavy atom. The van der Waals surface area contributed by atoms with Crippen LogP contribution >= 0.6 is 0 Å². The summed E-state index contributed by atoms with van der Waals surface area (Å²) in [5.41, 5.74) is 14.6. The smallest absolute Gasteiger partial charge is 0.161 e. The van der Waals surface area contributed by atoms with E-state index in [9.17, 15) is 10.7 Å². The molecule has 7 aromatic rings.